The minimum Gasteiger partial charge on any atom is -0.327 e. The second-order valence-corrected chi connectivity index (χ2v) is 8.15. The maximum absolute atomic E-state index is 13.2. The summed E-state index contributed by atoms with van der Waals surface area (Å²) in [6.07, 6.45) is 10.7. The molecule has 5 rings (SSSR count). The van der Waals surface area contributed by atoms with E-state index in [1.165, 1.54) is 64.5 Å². The van der Waals surface area contributed by atoms with Gasteiger partial charge in [0.25, 0.3) is 0 Å². The van der Waals surface area contributed by atoms with Crippen LogP contribution in [0.4, 0.5) is 0 Å². The van der Waals surface area contributed by atoms with Crippen LogP contribution in [0.2, 0.25) is 0 Å². The molecule has 0 amide bonds. The van der Waals surface area contributed by atoms with E-state index in [2.05, 4.69) is 6.92 Å². The Morgan fingerprint density at radius 3 is 1.95 bits per heavy atom. The Bertz CT molecular complexity index is 347. The van der Waals surface area contributed by atoms with Crippen molar-refractivity contribution in [3.8, 4) is 0 Å². The number of carbonyl (C=O) groups excluding carboxylic acids is 1. The normalized spacial score (nSPS) is 46.7. The largest absolute Gasteiger partial charge is 0.327 e. The van der Waals surface area contributed by atoms with Crippen LogP contribution in [-0.4, -0.2) is 24.9 Å². The van der Waals surface area contributed by atoms with Crippen molar-refractivity contribution >= 4 is 5.78 Å². The van der Waals surface area contributed by atoms with E-state index in [1.807, 2.05) is 0 Å². The minimum absolute atomic E-state index is 0.129. The number of carbonyl (C=O) groups is 1. The summed E-state index contributed by atoms with van der Waals surface area (Å²) in [4.78, 5) is 14.7. The van der Waals surface area contributed by atoms with Crippen molar-refractivity contribution in [3.05, 3.63) is 0 Å². The number of hydrogen-bond donors (Lipinski definition) is 1. The molecule has 0 spiro atoms. The summed E-state index contributed by atoms with van der Waals surface area (Å²) in [7, 11) is 0. The van der Waals surface area contributed by atoms with E-state index in [-0.39, 0.29) is 11.5 Å². The Hall–Kier alpha value is -0.370. The molecule has 1 N–H and O–H groups in total. The van der Waals surface area contributed by atoms with E-state index >= 15 is 0 Å². The molecule has 2 nitrogen and oxygen atoms in total. The van der Waals surface area contributed by atoms with Gasteiger partial charge in [0.1, 0.15) is 6.04 Å². The third-order valence-electron chi connectivity index (χ3n) is 6.81. The highest BCUT2D eigenvalue weighted by atomic mass is 16.1. The number of ketones is 1. The van der Waals surface area contributed by atoms with Gasteiger partial charge in [-0.15, -0.1) is 0 Å². The van der Waals surface area contributed by atoms with Gasteiger partial charge >= 0.3 is 0 Å². The first-order valence-corrected chi connectivity index (χ1v) is 8.55. The average molecular weight is 262 g/mol. The van der Waals surface area contributed by atoms with E-state index in [0.717, 1.165) is 17.8 Å². The van der Waals surface area contributed by atoms with Crippen LogP contribution in [0.15, 0.2) is 0 Å². The molecule has 4 aliphatic carbocycles. The fourth-order valence-electron chi connectivity index (χ4n) is 6.32. The summed E-state index contributed by atoms with van der Waals surface area (Å²) < 4.78 is 0. The lowest BCUT2D eigenvalue weighted by atomic mass is 9.48. The number of hydrogen-bond acceptors (Lipinski definition) is 1. The van der Waals surface area contributed by atoms with Crippen molar-refractivity contribution < 1.29 is 9.69 Å². The van der Waals surface area contributed by atoms with Crippen molar-refractivity contribution in [2.24, 2.45) is 23.2 Å². The van der Waals surface area contributed by atoms with Crippen molar-refractivity contribution in [1.82, 2.24) is 0 Å². The van der Waals surface area contributed by atoms with E-state index in [9.17, 15) is 4.79 Å². The van der Waals surface area contributed by atoms with Crippen molar-refractivity contribution in [2.75, 3.05) is 13.1 Å². The molecule has 0 aromatic heterocycles. The molecule has 5 aliphatic rings. The molecule has 0 aromatic rings. The lowest BCUT2D eigenvalue weighted by Crippen LogP contribution is -3.14. The Morgan fingerprint density at radius 1 is 1.00 bits per heavy atom. The highest BCUT2D eigenvalue weighted by Crippen LogP contribution is 2.60. The molecular weight excluding hydrogens is 234 g/mol. The van der Waals surface area contributed by atoms with Crippen LogP contribution >= 0.6 is 0 Å². The third kappa shape index (κ3) is 1.90. The van der Waals surface area contributed by atoms with Gasteiger partial charge < -0.3 is 4.90 Å². The van der Waals surface area contributed by atoms with Crippen molar-refractivity contribution in [2.45, 2.75) is 64.3 Å². The Morgan fingerprint density at radius 2 is 1.47 bits per heavy atom. The number of nitrogens with one attached hydrogen (secondary N) is 1. The van der Waals surface area contributed by atoms with Gasteiger partial charge in [0.15, 0.2) is 5.78 Å². The number of quaternary nitrogens is 1. The average Bonchev–Trinajstić information content (AvgIpc) is 2.89. The summed E-state index contributed by atoms with van der Waals surface area (Å²) in [5.74, 6) is 3.35. The molecule has 1 atom stereocenters. The highest BCUT2D eigenvalue weighted by molar-refractivity contribution is 5.88. The first-order chi connectivity index (χ1) is 9.16. The molecule has 5 fully saturated rings. The first-order valence-electron chi connectivity index (χ1n) is 8.55. The number of Topliss-reactive ketones (excluding diaryl/α,β-unsaturated/α-hetero) is 1. The van der Waals surface area contributed by atoms with E-state index in [4.69, 9.17) is 0 Å². The highest BCUT2D eigenvalue weighted by Gasteiger charge is 2.56. The molecule has 1 unspecified atom stereocenters. The summed E-state index contributed by atoms with van der Waals surface area (Å²) in [5.41, 5.74) is 0.129. The monoisotopic (exact) mass is 262 g/mol. The predicted octanol–water partition coefficient (Wildman–Crippen LogP) is 1.84. The van der Waals surface area contributed by atoms with E-state index in [1.54, 1.807) is 4.90 Å². The molecule has 1 heterocycles. The summed E-state index contributed by atoms with van der Waals surface area (Å²) in [6, 6.07) is 0.277. The quantitative estimate of drug-likeness (QED) is 0.823. The Kier molecular flexibility index (Phi) is 2.81. The minimum atomic E-state index is 0.129. The Labute approximate surface area is 116 Å². The van der Waals surface area contributed by atoms with Gasteiger partial charge in [-0.05, 0) is 63.2 Å². The number of likely N-dealkylation sites (tertiary alicyclic amines) is 1. The van der Waals surface area contributed by atoms with Gasteiger partial charge in [-0.1, -0.05) is 0 Å². The van der Waals surface area contributed by atoms with Gasteiger partial charge in [0.2, 0.25) is 0 Å². The van der Waals surface area contributed by atoms with Crippen LogP contribution in [0, 0.1) is 23.2 Å². The molecular formula is C17H28NO+. The van der Waals surface area contributed by atoms with Gasteiger partial charge in [0.05, 0.1) is 13.1 Å². The molecule has 1 aliphatic heterocycles. The summed E-state index contributed by atoms with van der Waals surface area (Å²) in [6.45, 7) is 4.69. The topological polar surface area (TPSA) is 21.5 Å². The molecule has 0 radical (unpaired) electrons. The SMILES string of the molecule is CC(C(=O)C12CC3CC(CC(C3)C1)C2)[NH+]1CCCC1. The molecule has 1 saturated heterocycles. The van der Waals surface area contributed by atoms with Gasteiger partial charge in [0, 0.05) is 18.3 Å². The van der Waals surface area contributed by atoms with Crippen LogP contribution in [0.1, 0.15) is 58.3 Å². The van der Waals surface area contributed by atoms with Crippen LogP contribution in [0.25, 0.3) is 0 Å². The smallest absolute Gasteiger partial charge is 0.195 e. The van der Waals surface area contributed by atoms with Crippen molar-refractivity contribution in [3.63, 3.8) is 0 Å². The van der Waals surface area contributed by atoms with Crippen LogP contribution in [-0.2, 0) is 4.79 Å². The maximum atomic E-state index is 13.2. The zero-order chi connectivity index (χ0) is 13.0. The summed E-state index contributed by atoms with van der Waals surface area (Å²) in [5, 5.41) is 0. The molecule has 2 heteroatoms. The first kappa shape index (κ1) is 12.4. The summed E-state index contributed by atoms with van der Waals surface area (Å²) >= 11 is 0. The standard InChI is InChI=1S/C17H27NO/c1-12(18-4-2-3-5-18)16(19)17-9-13-6-14(10-17)8-15(7-13)11-17/h12-15H,2-11H2,1H3/p+1. The fraction of sp³-hybridized carbons (Fsp3) is 0.941. The van der Waals surface area contributed by atoms with Crippen molar-refractivity contribution in [1.29, 1.82) is 0 Å². The second-order valence-electron chi connectivity index (χ2n) is 8.15. The molecule has 4 saturated carbocycles. The predicted molar refractivity (Wildman–Crippen MR) is 75.0 cm³/mol. The zero-order valence-corrected chi connectivity index (χ0v) is 12.3. The fourth-order valence-corrected chi connectivity index (χ4v) is 6.32. The molecule has 106 valence electrons. The van der Waals surface area contributed by atoms with Gasteiger partial charge in [-0.3, -0.25) is 4.79 Å². The van der Waals surface area contributed by atoms with Crippen LogP contribution in [0.3, 0.4) is 0 Å². The molecule has 0 aromatic carbocycles. The van der Waals surface area contributed by atoms with E-state index < -0.39 is 0 Å². The Balaban J connectivity index is 1.55. The van der Waals surface area contributed by atoms with E-state index in [0.29, 0.717) is 5.78 Å². The van der Waals surface area contributed by atoms with Crippen LogP contribution < -0.4 is 4.90 Å². The van der Waals surface area contributed by atoms with Crippen LogP contribution in [0.5, 0.6) is 0 Å². The zero-order valence-electron chi connectivity index (χ0n) is 12.3. The molecule has 19 heavy (non-hydrogen) atoms. The maximum Gasteiger partial charge on any atom is 0.195 e. The molecule has 4 bridgehead atoms. The second kappa shape index (κ2) is 4.31. The third-order valence-corrected chi connectivity index (χ3v) is 6.81. The lowest BCUT2D eigenvalue weighted by molar-refractivity contribution is -0.902. The number of rotatable bonds is 3. The lowest BCUT2D eigenvalue weighted by Gasteiger charge is -2.56. The van der Waals surface area contributed by atoms with Gasteiger partial charge in [-0.25, -0.2) is 0 Å². The van der Waals surface area contributed by atoms with Gasteiger partial charge in [-0.2, -0.15) is 0 Å².